The van der Waals surface area contributed by atoms with Gasteiger partial charge in [0.25, 0.3) is 0 Å². The first-order chi connectivity index (χ1) is 16.2. The third-order valence-electron chi connectivity index (χ3n) is 6.49. The van der Waals surface area contributed by atoms with Crippen molar-refractivity contribution in [1.29, 1.82) is 0 Å². The predicted molar refractivity (Wildman–Crippen MR) is 140 cm³/mol. The van der Waals surface area contributed by atoms with Gasteiger partial charge in [-0.15, -0.1) is 0 Å². The van der Waals surface area contributed by atoms with Gasteiger partial charge >= 0.3 is 5.97 Å². The molecule has 1 atom stereocenters. The van der Waals surface area contributed by atoms with Gasteiger partial charge in [0.15, 0.2) is 0 Å². The number of methoxy groups -OCH3 is 1. The molecule has 0 rings (SSSR count). The van der Waals surface area contributed by atoms with Crippen LogP contribution < -0.4 is 0 Å². The Labute approximate surface area is 206 Å². The van der Waals surface area contributed by atoms with Gasteiger partial charge in [-0.05, 0) is 38.8 Å². The number of carbonyl (C=O) groups excluding carboxylic acids is 1. The zero-order valence-corrected chi connectivity index (χ0v) is 22.5. The van der Waals surface area contributed by atoms with Gasteiger partial charge in [-0.3, -0.25) is 4.79 Å². The fourth-order valence-corrected chi connectivity index (χ4v) is 4.23. The molecular formula is C28H57NO4. The fourth-order valence-electron chi connectivity index (χ4n) is 4.23. The molecule has 0 aliphatic carbocycles. The number of aliphatic hydroxyl groups excluding tert-OH is 1. The van der Waals surface area contributed by atoms with Crippen molar-refractivity contribution < 1.29 is 19.4 Å². The van der Waals surface area contributed by atoms with Gasteiger partial charge in [-0.2, -0.15) is 0 Å². The number of rotatable bonds is 26. The Kier molecular flexibility index (Phi) is 25.5. The Balaban J connectivity index is 3.66. The molecule has 0 amide bonds. The average molecular weight is 472 g/mol. The van der Waals surface area contributed by atoms with E-state index in [4.69, 9.17) is 9.47 Å². The van der Waals surface area contributed by atoms with E-state index in [-0.39, 0.29) is 18.7 Å². The number of ether oxygens (including phenoxy) is 2. The Bertz CT molecular complexity index is 405. The molecule has 5 heteroatoms. The second kappa shape index (κ2) is 26.0. The molecule has 1 unspecified atom stereocenters. The SMILES string of the molecule is CCCCCCCCN(CCO)CCCCCCCC(=O)OCC(CCCCCCC)OC. The molecule has 0 radical (unpaired) electrons. The number of aliphatic hydroxyl groups is 1. The number of hydrogen-bond acceptors (Lipinski definition) is 5. The van der Waals surface area contributed by atoms with Crippen LogP contribution in [0.5, 0.6) is 0 Å². The van der Waals surface area contributed by atoms with Gasteiger partial charge in [-0.25, -0.2) is 0 Å². The Morgan fingerprint density at radius 2 is 1.24 bits per heavy atom. The van der Waals surface area contributed by atoms with Crippen LogP contribution in [0.1, 0.15) is 129 Å². The molecule has 0 aromatic carbocycles. The second-order valence-electron chi connectivity index (χ2n) is 9.59. The molecule has 0 bridgehead atoms. The summed E-state index contributed by atoms with van der Waals surface area (Å²) in [4.78, 5) is 14.4. The van der Waals surface area contributed by atoms with Crippen LogP contribution in [-0.2, 0) is 14.3 Å². The molecule has 5 nitrogen and oxygen atoms in total. The van der Waals surface area contributed by atoms with Crippen LogP contribution in [0.4, 0.5) is 0 Å². The molecule has 0 fully saturated rings. The average Bonchev–Trinajstić information content (AvgIpc) is 2.82. The van der Waals surface area contributed by atoms with E-state index in [0.29, 0.717) is 13.0 Å². The molecular weight excluding hydrogens is 414 g/mol. The van der Waals surface area contributed by atoms with Crippen molar-refractivity contribution in [1.82, 2.24) is 4.90 Å². The van der Waals surface area contributed by atoms with E-state index in [1.54, 1.807) is 7.11 Å². The van der Waals surface area contributed by atoms with Crippen molar-refractivity contribution in [3.8, 4) is 0 Å². The number of carbonyl (C=O) groups is 1. The number of nitrogens with zero attached hydrogens (tertiary/aromatic N) is 1. The van der Waals surface area contributed by atoms with Gasteiger partial charge in [0.05, 0.1) is 12.7 Å². The Morgan fingerprint density at radius 3 is 1.79 bits per heavy atom. The van der Waals surface area contributed by atoms with Crippen molar-refractivity contribution in [2.45, 2.75) is 136 Å². The first-order valence-electron chi connectivity index (χ1n) is 14.2. The first kappa shape index (κ1) is 32.4. The number of hydrogen-bond donors (Lipinski definition) is 1. The van der Waals surface area contributed by atoms with Crippen LogP contribution >= 0.6 is 0 Å². The third kappa shape index (κ3) is 22.9. The quantitative estimate of drug-likeness (QED) is 0.110. The van der Waals surface area contributed by atoms with Crippen LogP contribution in [0, 0.1) is 0 Å². The minimum Gasteiger partial charge on any atom is -0.463 e. The summed E-state index contributed by atoms with van der Waals surface area (Å²) in [5.41, 5.74) is 0. The smallest absolute Gasteiger partial charge is 0.305 e. The lowest BCUT2D eigenvalue weighted by atomic mass is 10.1. The molecule has 0 saturated carbocycles. The van der Waals surface area contributed by atoms with Gasteiger partial charge in [0.2, 0.25) is 0 Å². The van der Waals surface area contributed by atoms with Crippen molar-refractivity contribution in [2.75, 3.05) is 40.0 Å². The summed E-state index contributed by atoms with van der Waals surface area (Å²) in [6, 6.07) is 0. The van der Waals surface area contributed by atoms with Crippen LogP contribution in [-0.4, -0.2) is 62.0 Å². The predicted octanol–water partition coefficient (Wildman–Crippen LogP) is 6.90. The summed E-state index contributed by atoms with van der Waals surface area (Å²) in [7, 11) is 1.71. The van der Waals surface area contributed by atoms with E-state index in [9.17, 15) is 9.90 Å². The molecule has 198 valence electrons. The van der Waals surface area contributed by atoms with Crippen molar-refractivity contribution in [2.24, 2.45) is 0 Å². The summed E-state index contributed by atoms with van der Waals surface area (Å²) in [5, 5.41) is 9.31. The zero-order valence-electron chi connectivity index (χ0n) is 22.5. The van der Waals surface area contributed by atoms with E-state index >= 15 is 0 Å². The van der Waals surface area contributed by atoms with Gasteiger partial charge in [0.1, 0.15) is 6.61 Å². The topological polar surface area (TPSA) is 59.0 Å². The summed E-state index contributed by atoms with van der Waals surface area (Å²) in [6.07, 6.45) is 21.2. The molecule has 0 aromatic rings. The van der Waals surface area contributed by atoms with Crippen LogP contribution in [0.25, 0.3) is 0 Å². The summed E-state index contributed by atoms with van der Waals surface area (Å²) in [5.74, 6) is -0.0870. The van der Waals surface area contributed by atoms with E-state index in [1.165, 1.54) is 77.0 Å². The maximum Gasteiger partial charge on any atom is 0.305 e. The van der Waals surface area contributed by atoms with Crippen molar-refractivity contribution >= 4 is 5.97 Å². The van der Waals surface area contributed by atoms with Gasteiger partial charge in [0, 0.05) is 20.1 Å². The van der Waals surface area contributed by atoms with E-state index in [0.717, 1.165) is 51.7 Å². The van der Waals surface area contributed by atoms with Crippen LogP contribution in [0.15, 0.2) is 0 Å². The van der Waals surface area contributed by atoms with Crippen molar-refractivity contribution in [3.05, 3.63) is 0 Å². The molecule has 1 N–H and O–H groups in total. The molecule has 0 heterocycles. The first-order valence-corrected chi connectivity index (χ1v) is 14.2. The Morgan fingerprint density at radius 1 is 0.727 bits per heavy atom. The fraction of sp³-hybridized carbons (Fsp3) is 0.964. The van der Waals surface area contributed by atoms with E-state index in [2.05, 4.69) is 18.7 Å². The van der Waals surface area contributed by atoms with E-state index in [1.807, 2.05) is 0 Å². The molecule has 0 aliphatic heterocycles. The van der Waals surface area contributed by atoms with Gasteiger partial charge < -0.3 is 19.5 Å². The molecule has 0 aliphatic rings. The second-order valence-corrected chi connectivity index (χ2v) is 9.59. The van der Waals surface area contributed by atoms with Gasteiger partial charge in [-0.1, -0.05) is 97.3 Å². The summed E-state index contributed by atoms with van der Waals surface area (Å²) >= 11 is 0. The lowest BCUT2D eigenvalue weighted by molar-refractivity contribution is -0.147. The van der Waals surface area contributed by atoms with E-state index < -0.39 is 0 Å². The normalized spacial score (nSPS) is 12.4. The highest BCUT2D eigenvalue weighted by Gasteiger charge is 2.11. The molecule has 0 aromatic heterocycles. The molecule has 33 heavy (non-hydrogen) atoms. The minimum absolute atomic E-state index is 0.0359. The largest absolute Gasteiger partial charge is 0.463 e. The van der Waals surface area contributed by atoms with Crippen molar-refractivity contribution in [3.63, 3.8) is 0 Å². The minimum atomic E-state index is -0.0870. The number of unbranched alkanes of at least 4 members (excludes halogenated alkanes) is 13. The standard InChI is InChI=1S/C28H57NO4/c1-4-6-8-10-14-18-22-29(24-25-30)23-19-15-11-13-17-21-28(31)33-26-27(32-3)20-16-12-9-7-5-2/h27,30H,4-26H2,1-3H3. The summed E-state index contributed by atoms with van der Waals surface area (Å²) in [6.45, 7) is 8.10. The lowest BCUT2D eigenvalue weighted by Gasteiger charge is -2.21. The Hall–Kier alpha value is -0.650. The monoisotopic (exact) mass is 471 g/mol. The maximum atomic E-state index is 12.0. The summed E-state index contributed by atoms with van der Waals surface area (Å²) < 4.78 is 10.9. The lowest BCUT2D eigenvalue weighted by Crippen LogP contribution is -2.29. The van der Waals surface area contributed by atoms with Crippen LogP contribution in [0.3, 0.4) is 0 Å². The zero-order chi connectivity index (χ0) is 24.4. The highest BCUT2D eigenvalue weighted by atomic mass is 16.6. The third-order valence-corrected chi connectivity index (χ3v) is 6.49. The highest BCUT2D eigenvalue weighted by Crippen LogP contribution is 2.12. The maximum absolute atomic E-state index is 12.0. The molecule has 0 spiro atoms. The molecule has 0 saturated heterocycles. The number of esters is 1. The highest BCUT2D eigenvalue weighted by molar-refractivity contribution is 5.69. The van der Waals surface area contributed by atoms with Crippen LogP contribution in [0.2, 0.25) is 0 Å².